The van der Waals surface area contributed by atoms with Crippen molar-refractivity contribution in [1.29, 1.82) is 0 Å². The largest absolute Gasteiger partial charge is 0.444 e. The van der Waals surface area contributed by atoms with E-state index in [1.54, 1.807) is 39.2 Å². The first kappa shape index (κ1) is 33.6. The Bertz CT molecular complexity index is 1580. The van der Waals surface area contributed by atoms with Crippen molar-refractivity contribution in [3.8, 4) is 0 Å². The summed E-state index contributed by atoms with van der Waals surface area (Å²) < 4.78 is 31.8. The van der Waals surface area contributed by atoms with Gasteiger partial charge in [0.15, 0.2) is 0 Å². The molecule has 3 aliphatic rings. The molecule has 3 fully saturated rings. The Morgan fingerprint density at radius 2 is 1.85 bits per heavy atom. The van der Waals surface area contributed by atoms with Gasteiger partial charge in [-0.3, -0.25) is 4.79 Å². The van der Waals surface area contributed by atoms with E-state index in [2.05, 4.69) is 30.3 Å². The lowest BCUT2D eigenvalue weighted by atomic mass is 9.92. The lowest BCUT2D eigenvalue weighted by molar-refractivity contribution is 0.0504. The maximum Gasteiger partial charge on any atom is 0.407 e. The number of halogens is 1. The second-order valence-corrected chi connectivity index (χ2v) is 13.8. The van der Waals surface area contributed by atoms with Crippen molar-refractivity contribution in [2.24, 2.45) is 0 Å². The normalized spacial score (nSPS) is 21.8. The average molecular weight is 665 g/mol. The van der Waals surface area contributed by atoms with Gasteiger partial charge in [0.1, 0.15) is 17.5 Å². The van der Waals surface area contributed by atoms with Gasteiger partial charge in [-0.2, -0.15) is 4.98 Å². The molecule has 14 heteroatoms. The highest BCUT2D eigenvalue weighted by molar-refractivity contribution is 5.94. The summed E-state index contributed by atoms with van der Waals surface area (Å²) >= 11 is 0. The van der Waals surface area contributed by atoms with Crippen LogP contribution in [0.25, 0.3) is 0 Å². The summed E-state index contributed by atoms with van der Waals surface area (Å²) in [6, 6.07) is 5.07. The van der Waals surface area contributed by atoms with Crippen LogP contribution in [0.4, 0.5) is 21.1 Å². The molecular weight excluding hydrogens is 619 g/mol. The summed E-state index contributed by atoms with van der Waals surface area (Å²) in [6.45, 7) is 12.6. The molecule has 0 aliphatic carbocycles. The molecule has 0 saturated carbocycles. The number of carbonyl (C=O) groups is 2. The van der Waals surface area contributed by atoms with Crippen molar-refractivity contribution in [3.63, 3.8) is 0 Å². The quantitative estimate of drug-likeness (QED) is 0.356. The Balaban J connectivity index is 1.10. The van der Waals surface area contributed by atoms with Gasteiger partial charge in [-0.25, -0.2) is 19.2 Å². The summed E-state index contributed by atoms with van der Waals surface area (Å²) in [7, 11) is 0. The summed E-state index contributed by atoms with van der Waals surface area (Å²) in [5, 5.41) is 7.07. The first-order valence-electron chi connectivity index (χ1n) is 16.8. The van der Waals surface area contributed by atoms with Gasteiger partial charge >= 0.3 is 12.1 Å². The molecule has 3 atom stereocenters. The third kappa shape index (κ3) is 7.53. The van der Waals surface area contributed by atoms with Gasteiger partial charge in [-0.05, 0) is 71.9 Å². The van der Waals surface area contributed by atoms with Crippen LogP contribution in [-0.4, -0.2) is 94.0 Å². The Morgan fingerprint density at radius 3 is 2.52 bits per heavy atom. The van der Waals surface area contributed by atoms with Crippen molar-refractivity contribution in [2.75, 3.05) is 49.1 Å². The van der Waals surface area contributed by atoms with E-state index in [4.69, 9.17) is 14.0 Å². The molecule has 3 saturated heterocycles. The molecule has 48 heavy (non-hydrogen) atoms. The number of rotatable bonds is 8. The predicted molar refractivity (Wildman–Crippen MR) is 175 cm³/mol. The molecule has 1 aromatic carbocycles. The average Bonchev–Trinajstić information content (AvgIpc) is 3.84. The topological polar surface area (TPSA) is 139 Å². The van der Waals surface area contributed by atoms with E-state index in [-0.39, 0.29) is 29.8 Å². The zero-order chi connectivity index (χ0) is 34.0. The van der Waals surface area contributed by atoms with Crippen LogP contribution in [0.3, 0.4) is 0 Å². The lowest BCUT2D eigenvalue weighted by Gasteiger charge is -2.37. The molecule has 6 rings (SSSR count). The Labute approximate surface area is 280 Å². The first-order valence-corrected chi connectivity index (χ1v) is 16.8. The summed E-state index contributed by atoms with van der Waals surface area (Å²) in [5.74, 6) is 0.165. The number of piperidine rings is 1. The van der Waals surface area contributed by atoms with E-state index in [1.807, 2.05) is 29.7 Å². The zero-order valence-corrected chi connectivity index (χ0v) is 28.3. The second kappa shape index (κ2) is 14.0. The van der Waals surface area contributed by atoms with E-state index in [1.165, 1.54) is 6.07 Å². The number of amides is 2. The van der Waals surface area contributed by atoms with Crippen molar-refractivity contribution in [2.45, 2.75) is 90.0 Å². The monoisotopic (exact) mass is 664 g/mol. The van der Waals surface area contributed by atoms with Gasteiger partial charge in [-0.1, -0.05) is 22.9 Å². The van der Waals surface area contributed by atoms with Gasteiger partial charge < -0.3 is 34.0 Å². The van der Waals surface area contributed by atoms with Crippen LogP contribution in [0.2, 0.25) is 0 Å². The number of hydrogen-bond acceptors (Lipinski definition) is 11. The number of nitrogens with zero attached hydrogens (tertiary/aromatic N) is 7. The molecule has 13 nitrogen and oxygen atoms in total. The van der Waals surface area contributed by atoms with Crippen LogP contribution >= 0.6 is 0 Å². The highest BCUT2D eigenvalue weighted by Gasteiger charge is 2.39. The van der Waals surface area contributed by atoms with Gasteiger partial charge in [0.25, 0.3) is 5.91 Å². The van der Waals surface area contributed by atoms with Crippen molar-refractivity contribution < 1.29 is 28.0 Å². The fourth-order valence-corrected chi connectivity index (χ4v) is 6.80. The molecule has 2 aromatic heterocycles. The molecule has 0 radical (unpaired) electrons. The molecular formula is C34H45FN8O5. The maximum absolute atomic E-state index is 15.1. The minimum absolute atomic E-state index is 0.0437. The van der Waals surface area contributed by atoms with Crippen LogP contribution in [0.5, 0.6) is 0 Å². The van der Waals surface area contributed by atoms with E-state index in [0.717, 1.165) is 37.9 Å². The molecule has 3 aliphatic heterocycles. The molecule has 0 bridgehead atoms. The van der Waals surface area contributed by atoms with Gasteiger partial charge in [-0.15, -0.1) is 0 Å². The van der Waals surface area contributed by atoms with Gasteiger partial charge in [0.05, 0.1) is 11.6 Å². The predicted octanol–water partition coefficient (Wildman–Crippen LogP) is 4.79. The van der Waals surface area contributed by atoms with Crippen molar-refractivity contribution in [1.82, 2.24) is 30.3 Å². The fourth-order valence-electron chi connectivity index (χ4n) is 6.80. The third-order valence-electron chi connectivity index (χ3n) is 9.17. The molecule has 0 unspecified atom stereocenters. The number of benzene rings is 1. The summed E-state index contributed by atoms with van der Waals surface area (Å²) in [5.41, 5.74) is 1.15. The lowest BCUT2D eigenvalue weighted by Crippen LogP contribution is -2.47. The molecule has 0 spiro atoms. The molecule has 1 N–H and O–H groups in total. The highest BCUT2D eigenvalue weighted by Crippen LogP contribution is 2.33. The Kier molecular flexibility index (Phi) is 9.81. The van der Waals surface area contributed by atoms with Crippen LogP contribution < -0.4 is 15.1 Å². The number of carbonyl (C=O) groups excluding carboxylic acids is 2. The minimum atomic E-state index is -0.677. The summed E-state index contributed by atoms with van der Waals surface area (Å²) in [4.78, 5) is 45.9. The maximum atomic E-state index is 15.1. The van der Waals surface area contributed by atoms with Crippen LogP contribution in [0, 0.1) is 12.7 Å². The Hall–Kier alpha value is -4.33. The molecule has 258 valence electrons. The van der Waals surface area contributed by atoms with E-state index < -0.39 is 17.7 Å². The smallest absolute Gasteiger partial charge is 0.407 e. The Morgan fingerprint density at radius 1 is 1.10 bits per heavy atom. The fraction of sp³-hybridized carbons (Fsp3) is 0.588. The van der Waals surface area contributed by atoms with Crippen LogP contribution in [-0.2, 0) is 9.47 Å². The minimum Gasteiger partial charge on any atom is -0.444 e. The van der Waals surface area contributed by atoms with Gasteiger partial charge in [0, 0.05) is 63.7 Å². The third-order valence-corrected chi connectivity index (χ3v) is 9.17. The van der Waals surface area contributed by atoms with E-state index >= 15 is 4.39 Å². The standard InChI is InChI=1S/C34H45FN8O5/c1-6-43(23-11-13-41(14-12-23)32-39-29(40-48-32)28-8-7-15-46-28)30(44)22-17-36-31(37-18-22)42-19-25(24-16-21(2)9-10-26(24)35)27(20-42)38-33(45)47-34(3,4)5/h9-10,16-18,23,25,27-28H,6-8,11-15,19-20H2,1-5H3,(H,38,45)/t25-,27+,28+/m1/s1. The number of aryl methyl sites for hydroxylation is 1. The molecule has 5 heterocycles. The number of aromatic nitrogens is 4. The number of anilines is 2. The number of alkyl carbamates (subject to hydrolysis) is 1. The van der Waals surface area contributed by atoms with E-state index in [9.17, 15) is 9.59 Å². The SMILES string of the molecule is CCN(C(=O)c1cnc(N2C[C@H](NC(=O)OC(C)(C)C)[C@@H](c3cc(C)ccc3F)C2)nc1)C1CCN(c2nc([C@@H]3CCCO3)no2)CC1. The van der Waals surface area contributed by atoms with Gasteiger partial charge in [0.2, 0.25) is 11.8 Å². The number of hydrogen-bond donors (Lipinski definition) is 1. The molecule has 3 aromatic rings. The molecule has 2 amide bonds. The van der Waals surface area contributed by atoms with Crippen LogP contribution in [0.1, 0.15) is 92.7 Å². The van der Waals surface area contributed by atoms with Crippen molar-refractivity contribution >= 4 is 24.0 Å². The van der Waals surface area contributed by atoms with Crippen molar-refractivity contribution in [3.05, 3.63) is 58.9 Å². The number of nitrogens with one attached hydrogen (secondary N) is 1. The summed E-state index contributed by atoms with van der Waals surface area (Å²) in [6.07, 6.45) is 5.84. The second-order valence-electron chi connectivity index (χ2n) is 13.8. The number of ether oxygens (including phenoxy) is 2. The van der Waals surface area contributed by atoms with E-state index in [0.29, 0.717) is 61.6 Å². The highest BCUT2D eigenvalue weighted by atomic mass is 19.1. The first-order chi connectivity index (χ1) is 23.0. The zero-order valence-electron chi connectivity index (χ0n) is 28.3. The van der Waals surface area contributed by atoms with Crippen LogP contribution in [0.15, 0.2) is 35.1 Å².